The lowest BCUT2D eigenvalue weighted by molar-refractivity contribution is -0.287. The molecule has 418 valence electrons. The number of morpholine rings is 1. The number of nitrogens with one attached hydrogen (secondary N) is 1. The SMILES string of the molecule is CN1CCOCC1.COc1nc(Cl)nc(OC)n1.ClCCl.Cn1cc(Cl)c(C(=O)Nc2cnc(-c3cc4c(cc3Cl)OC(F)(F)O4)cn2)n1.Cn1cc(Cl)c(C(=O)O)n1.Nc1cnc(-c2cc3c(cc2Cl)OC(F)(F)O3)cn1. The average Bonchev–Trinajstić information content (AvgIpc) is 4.12. The van der Waals surface area contributed by atoms with Crippen LogP contribution in [0.4, 0.5) is 29.2 Å². The van der Waals surface area contributed by atoms with Gasteiger partial charge in [-0.2, -0.15) is 20.2 Å². The summed E-state index contributed by atoms with van der Waals surface area (Å²) in [6.45, 7) is 4.02. The number of hydrogen-bond acceptors (Lipinski definition) is 20. The van der Waals surface area contributed by atoms with Crippen molar-refractivity contribution in [2.24, 2.45) is 14.1 Å². The van der Waals surface area contributed by atoms with E-state index in [1.54, 1.807) is 14.1 Å². The highest BCUT2D eigenvalue weighted by Crippen LogP contribution is 2.47. The van der Waals surface area contributed by atoms with Gasteiger partial charge in [-0.15, -0.1) is 45.7 Å². The van der Waals surface area contributed by atoms with Crippen molar-refractivity contribution in [3.8, 4) is 57.5 Å². The molecule has 1 saturated heterocycles. The minimum absolute atomic E-state index is 0.0368. The molecular weight excluding hydrogens is 1200 g/mol. The van der Waals surface area contributed by atoms with E-state index in [1.165, 1.54) is 85.0 Å². The van der Waals surface area contributed by atoms with E-state index >= 15 is 0 Å². The summed E-state index contributed by atoms with van der Waals surface area (Å²) in [4.78, 5) is 51.8. The number of amides is 1. The lowest BCUT2D eigenvalue weighted by Gasteiger charge is -2.21. The maximum atomic E-state index is 13.2. The number of nitrogens with two attached hydrogens (primary N) is 1. The highest BCUT2D eigenvalue weighted by Gasteiger charge is 2.45. The third-order valence-corrected chi connectivity index (χ3v) is 10.6. The molecule has 4 N–H and O–H groups in total. The van der Waals surface area contributed by atoms with Crippen LogP contribution in [0.1, 0.15) is 21.0 Å². The van der Waals surface area contributed by atoms with Crippen molar-refractivity contribution in [2.45, 2.75) is 12.6 Å². The Morgan fingerprint density at radius 3 is 1.45 bits per heavy atom. The minimum atomic E-state index is -3.75. The van der Waals surface area contributed by atoms with Gasteiger partial charge >= 0.3 is 30.6 Å². The molecule has 0 aliphatic carbocycles. The van der Waals surface area contributed by atoms with Crippen LogP contribution in [-0.2, 0) is 18.8 Å². The molecule has 0 radical (unpaired) electrons. The Morgan fingerprint density at radius 2 is 1.10 bits per heavy atom. The first-order chi connectivity index (χ1) is 36.8. The van der Waals surface area contributed by atoms with Gasteiger partial charge in [0.25, 0.3) is 5.91 Å². The van der Waals surface area contributed by atoms with Gasteiger partial charge in [-0.1, -0.05) is 46.4 Å². The normalized spacial score (nSPS) is 13.9. The van der Waals surface area contributed by atoms with Gasteiger partial charge in [-0.25, -0.2) is 14.8 Å². The molecule has 1 amide bonds. The second kappa shape index (κ2) is 28.2. The van der Waals surface area contributed by atoms with Crippen molar-refractivity contribution in [2.75, 3.05) is 64.0 Å². The zero-order chi connectivity index (χ0) is 57.5. The molecule has 0 bridgehead atoms. The number of fused-ring (bicyclic) bond motifs is 2. The lowest BCUT2D eigenvalue weighted by Crippen LogP contribution is -2.32. The number of anilines is 2. The van der Waals surface area contributed by atoms with Crippen molar-refractivity contribution in [1.82, 2.24) is 59.3 Å². The fourth-order valence-corrected chi connectivity index (χ4v) is 7.06. The summed E-state index contributed by atoms with van der Waals surface area (Å²) in [5, 5.41) is 19.4. The van der Waals surface area contributed by atoms with Crippen LogP contribution in [-0.4, -0.2) is 142 Å². The summed E-state index contributed by atoms with van der Waals surface area (Å²) in [5.74, 6) is -1.87. The Bertz CT molecular complexity index is 3150. The molecule has 0 unspecified atom stereocenters. The summed E-state index contributed by atoms with van der Waals surface area (Å²) in [6.07, 6.45) is 0.799. The number of methoxy groups -OCH3 is 2. The second-order valence-corrected chi connectivity index (χ2v) is 17.6. The molecule has 78 heavy (non-hydrogen) atoms. The largest absolute Gasteiger partial charge is 0.586 e. The molecule has 5 aromatic heterocycles. The number of nitrogen functional groups attached to an aromatic ring is 1. The van der Waals surface area contributed by atoms with Gasteiger partial charge in [0.15, 0.2) is 40.2 Å². The van der Waals surface area contributed by atoms with Gasteiger partial charge in [-0.3, -0.25) is 24.1 Å². The van der Waals surface area contributed by atoms with Crippen LogP contribution >= 0.6 is 81.2 Å². The van der Waals surface area contributed by atoms with Crippen molar-refractivity contribution in [3.63, 3.8) is 0 Å². The fraction of sp³-hybridized carbons (Fsp3) is 0.279. The van der Waals surface area contributed by atoms with E-state index < -0.39 is 24.5 Å². The summed E-state index contributed by atoms with van der Waals surface area (Å²) in [5.41, 5.74) is 6.72. The average molecular weight is 1240 g/mol. The lowest BCUT2D eigenvalue weighted by atomic mass is 10.1. The van der Waals surface area contributed by atoms with E-state index in [9.17, 15) is 27.2 Å². The third kappa shape index (κ3) is 18.2. The fourth-order valence-electron chi connectivity index (χ4n) is 5.89. The number of likely N-dealkylation sites (N-methyl/N-ethyl adjacent to an activating group) is 1. The van der Waals surface area contributed by atoms with Gasteiger partial charge in [0.1, 0.15) is 5.82 Å². The molecule has 1 fully saturated rings. The predicted molar refractivity (Wildman–Crippen MR) is 276 cm³/mol. The zero-order valence-electron chi connectivity index (χ0n) is 40.5. The minimum Gasteiger partial charge on any atom is -0.476 e. The van der Waals surface area contributed by atoms with Crippen molar-refractivity contribution in [3.05, 3.63) is 98.2 Å². The maximum absolute atomic E-state index is 13.2. The number of nitrogens with zero attached hydrogens (tertiary/aromatic N) is 12. The Morgan fingerprint density at radius 1 is 0.667 bits per heavy atom. The number of aromatic carboxylic acids is 1. The van der Waals surface area contributed by atoms with Crippen molar-refractivity contribution < 1.29 is 65.4 Å². The topological polar surface area (TPSA) is 286 Å². The Hall–Kier alpha value is -6.76. The Kier molecular flexibility index (Phi) is 22.5. The molecule has 10 rings (SSSR count). The molecule has 3 aliphatic heterocycles. The van der Waals surface area contributed by atoms with Crippen LogP contribution in [0.15, 0.2) is 61.4 Å². The van der Waals surface area contributed by atoms with Gasteiger partial charge in [0.2, 0.25) is 5.28 Å². The molecule has 24 nitrogen and oxygen atoms in total. The highest BCUT2D eigenvalue weighted by molar-refractivity contribution is 6.40. The number of aromatic nitrogens is 11. The molecular formula is C43H39Cl7F4N14O10. The maximum Gasteiger partial charge on any atom is 0.586 e. The van der Waals surface area contributed by atoms with Gasteiger partial charge < -0.3 is 54.2 Å². The van der Waals surface area contributed by atoms with Crippen LogP contribution in [0, 0.1) is 0 Å². The quantitative estimate of drug-likeness (QED) is 0.0990. The third-order valence-electron chi connectivity index (χ3n) is 9.25. The van der Waals surface area contributed by atoms with Crippen LogP contribution in [0.5, 0.6) is 35.0 Å². The van der Waals surface area contributed by atoms with E-state index in [-0.39, 0.29) is 94.4 Å². The van der Waals surface area contributed by atoms with E-state index in [0.29, 0.717) is 16.8 Å². The van der Waals surface area contributed by atoms with Crippen LogP contribution in [0.2, 0.25) is 25.4 Å². The summed E-state index contributed by atoms with van der Waals surface area (Å²) in [6, 6.07) is 5.31. The number of carboxylic acids is 1. The molecule has 2 aromatic carbocycles. The molecule has 0 atom stereocenters. The van der Waals surface area contributed by atoms with Crippen molar-refractivity contribution >= 4 is 105 Å². The zero-order valence-corrected chi connectivity index (χ0v) is 45.8. The number of carboxylic acid groups (broad SMARTS) is 1. The second-order valence-electron chi connectivity index (χ2n) is 14.9. The number of rotatable bonds is 7. The van der Waals surface area contributed by atoms with Crippen molar-refractivity contribution in [1.29, 1.82) is 0 Å². The number of carbonyl (C=O) groups is 2. The molecule has 0 saturated carbocycles. The predicted octanol–water partition coefficient (Wildman–Crippen LogP) is 9.14. The van der Waals surface area contributed by atoms with Crippen LogP contribution < -0.4 is 39.5 Å². The van der Waals surface area contributed by atoms with E-state index in [0.717, 1.165) is 26.3 Å². The summed E-state index contributed by atoms with van der Waals surface area (Å²) in [7, 11) is 8.22. The van der Waals surface area contributed by atoms with Gasteiger partial charge in [0.05, 0.1) is 89.0 Å². The molecule has 0 spiro atoms. The monoisotopic (exact) mass is 1230 g/mol. The van der Waals surface area contributed by atoms with Gasteiger partial charge in [0, 0.05) is 62.8 Å². The van der Waals surface area contributed by atoms with E-state index in [1.807, 2.05) is 0 Å². The van der Waals surface area contributed by atoms with Crippen LogP contribution in [0.25, 0.3) is 22.5 Å². The standard InChI is InChI=1S/C16H9Cl2F2N5O3.C11H6ClF2N3O2.C5H6ClN3O2.C5H5ClN2O2.C5H11NO.CH2Cl2/c1-25-6-9(18)14(24-25)15(26)23-13-5-21-10(4-22-13)7-2-11-12(3-8(7)17)28-16(19,20)27-11;12-6-2-9-8(18-11(13,14)19-9)1-5(6)7-3-17-10(15)4-16-7;1-10-4-7-3(6)8-5(9-4)11-2;1-8-2-3(6)4(7-8)5(9)10;1-6-2-4-7-5-3-6;2-1-3/h2-6H,1H3,(H,22,23,26);1-4H,(H2,15,17);1-2H3;2H,1H3,(H,9,10);2-5H2,1H3;1H2. The number of alkyl halides is 6. The summed E-state index contributed by atoms with van der Waals surface area (Å²) < 4.78 is 86.9. The number of aryl methyl sites for hydroxylation is 2. The number of ether oxygens (including phenoxy) is 7. The summed E-state index contributed by atoms with van der Waals surface area (Å²) >= 11 is 38.5. The molecule has 3 aliphatic rings. The van der Waals surface area contributed by atoms with E-state index in [2.05, 4.69) is 81.3 Å². The number of halogens is 11. The van der Waals surface area contributed by atoms with E-state index in [4.69, 9.17) is 106 Å². The van der Waals surface area contributed by atoms with Gasteiger partial charge in [-0.05, 0) is 30.8 Å². The highest BCUT2D eigenvalue weighted by atomic mass is 35.5. The Labute approximate surface area is 473 Å². The smallest absolute Gasteiger partial charge is 0.476 e. The number of hydrogen-bond donors (Lipinski definition) is 3. The number of benzene rings is 2. The van der Waals surface area contributed by atoms with Crippen LogP contribution in [0.3, 0.4) is 0 Å². The first-order valence-corrected chi connectivity index (χ1v) is 24.2. The molecule has 35 heteroatoms. The first-order valence-electron chi connectivity index (χ1n) is 21.2. The first kappa shape index (κ1) is 62.1. The molecule has 7 aromatic rings. The Balaban J connectivity index is 0.000000193. The molecule has 8 heterocycles. The number of carbonyl (C=O) groups excluding carboxylic acids is 1.